The van der Waals surface area contributed by atoms with Crippen LogP contribution in [0.4, 0.5) is 74.6 Å². The van der Waals surface area contributed by atoms with E-state index in [0.717, 1.165) is 6.07 Å². The lowest BCUT2D eigenvalue weighted by Gasteiger charge is -2.33. The average Bonchev–Trinajstić information content (AvgIpc) is 3.26. The fourth-order valence-electron chi connectivity index (χ4n) is 3.80. The summed E-state index contributed by atoms with van der Waals surface area (Å²) >= 11 is 0. The maximum absolute atomic E-state index is 15.1. The molecule has 2 aromatic rings. The van der Waals surface area contributed by atoms with Crippen molar-refractivity contribution in [3.05, 3.63) is 59.2 Å². The predicted octanol–water partition coefficient (Wildman–Crippen LogP) is 7.91. The third-order valence-electron chi connectivity index (χ3n) is 6.15. The second-order valence-electron chi connectivity index (χ2n) is 8.87. The Morgan fingerprint density at radius 3 is 1.75 bits per heavy atom. The molecule has 1 aliphatic rings. The smallest absolute Gasteiger partial charge is 0.263 e. The van der Waals surface area contributed by atoms with Crippen LogP contribution in [0.1, 0.15) is 16.7 Å². The van der Waals surface area contributed by atoms with Crippen molar-refractivity contribution in [3.63, 3.8) is 0 Å². The number of benzene rings is 2. The Kier molecular flexibility index (Phi) is 8.28. The van der Waals surface area contributed by atoms with Crippen LogP contribution >= 0.6 is 0 Å². The van der Waals surface area contributed by atoms with Crippen molar-refractivity contribution >= 4 is 15.8 Å². The molecule has 0 amide bonds. The zero-order valence-electron chi connectivity index (χ0n) is 20.3. The highest BCUT2D eigenvalue weighted by Gasteiger charge is 2.86. The summed E-state index contributed by atoms with van der Waals surface area (Å²) in [6.45, 7) is 0. The van der Waals surface area contributed by atoms with E-state index in [2.05, 4.69) is 4.28 Å². The van der Waals surface area contributed by atoms with Gasteiger partial charge in [0.2, 0.25) is 0 Å². The molecule has 0 unspecified atom stereocenters. The molecule has 0 aromatic heterocycles. The van der Waals surface area contributed by atoms with Crippen LogP contribution in [-0.4, -0.2) is 61.6 Å². The number of nitrogens with zero attached hydrogens (tertiary/aromatic N) is 1. The van der Waals surface area contributed by atoms with Gasteiger partial charge in [0.25, 0.3) is 0 Å². The van der Waals surface area contributed by atoms with E-state index in [4.69, 9.17) is 0 Å². The monoisotopic (exact) mass is 691 g/mol. The molecule has 0 heterocycles. The number of hydrogen-bond donors (Lipinski definition) is 0. The largest absolute Gasteiger partial charge is 0.460 e. The first kappa shape index (κ1) is 35.2. The highest BCUT2D eigenvalue weighted by atomic mass is 32.2. The lowest BCUT2D eigenvalue weighted by atomic mass is 9.90. The van der Waals surface area contributed by atoms with Gasteiger partial charge in [-0.3, -0.25) is 4.28 Å². The quantitative estimate of drug-likeness (QED) is 0.124. The fourth-order valence-corrected chi connectivity index (χ4v) is 4.51. The lowest BCUT2D eigenvalue weighted by Crippen LogP contribution is -2.63. The van der Waals surface area contributed by atoms with Crippen molar-refractivity contribution in [2.24, 2.45) is 5.16 Å². The van der Waals surface area contributed by atoms with Gasteiger partial charge in [-0.15, -0.1) is 0 Å². The Morgan fingerprint density at radius 2 is 1.23 bits per heavy atom. The van der Waals surface area contributed by atoms with Gasteiger partial charge in [-0.1, -0.05) is 47.6 Å². The fraction of sp³-hybridized carbons (Fsp3) is 0.409. The van der Waals surface area contributed by atoms with Gasteiger partial charge in [-0.25, -0.2) is 8.78 Å². The molecule has 1 aliphatic carbocycles. The first-order valence-electron chi connectivity index (χ1n) is 10.9. The molecule has 2 aromatic carbocycles. The van der Waals surface area contributed by atoms with Crippen LogP contribution in [0.25, 0.3) is 11.1 Å². The predicted molar refractivity (Wildman–Crippen MR) is 113 cm³/mol. The van der Waals surface area contributed by atoms with Gasteiger partial charge < -0.3 is 0 Å². The Morgan fingerprint density at radius 1 is 0.705 bits per heavy atom. The highest BCUT2D eigenvalue weighted by Crippen LogP contribution is 2.55. The molecule has 0 atom stereocenters. The molecular weight excluding hydrogens is 681 g/mol. The number of fused-ring (bicyclic) bond motifs is 3. The van der Waals surface area contributed by atoms with Gasteiger partial charge in [0.05, 0.1) is 0 Å². The summed E-state index contributed by atoms with van der Waals surface area (Å²) in [4.78, 5) is 0. The number of rotatable bonds is 10. The van der Waals surface area contributed by atoms with Crippen LogP contribution in [0, 0.1) is 0 Å². The van der Waals surface area contributed by atoms with Gasteiger partial charge in [-0.05, 0) is 28.7 Å². The first-order chi connectivity index (χ1) is 19.6. The molecule has 0 spiro atoms. The van der Waals surface area contributed by atoms with Crippen LogP contribution in [0.2, 0.25) is 0 Å². The van der Waals surface area contributed by atoms with Crippen LogP contribution in [-0.2, 0) is 20.8 Å². The standard InChI is InChI=1S/C22H10F17NO3S/c23-15(24)17(27,28)18(29,30)16(25,26)14(12-7-3-6-11-10-5-2-1-4-9(10)8-13(11)12)40-43-44(41,42)22(38,39)20(33,34)19(31,32)21(35,36)37/h1-7,15H,8H2. The highest BCUT2D eigenvalue weighted by molar-refractivity contribution is 7.87. The minimum absolute atomic E-state index is 0.116. The average molecular weight is 691 g/mol. The van der Waals surface area contributed by atoms with Crippen molar-refractivity contribution in [1.29, 1.82) is 0 Å². The minimum atomic E-state index is -8.15. The second kappa shape index (κ2) is 10.4. The Labute approximate surface area is 233 Å². The summed E-state index contributed by atoms with van der Waals surface area (Å²) in [6.07, 6.45) is -13.8. The van der Waals surface area contributed by atoms with E-state index in [1.165, 1.54) is 24.3 Å². The molecule has 0 radical (unpaired) electrons. The van der Waals surface area contributed by atoms with E-state index in [-0.39, 0.29) is 22.8 Å². The molecule has 0 saturated carbocycles. The molecule has 0 aliphatic heterocycles. The van der Waals surface area contributed by atoms with E-state index >= 15 is 8.78 Å². The van der Waals surface area contributed by atoms with Gasteiger partial charge >= 0.3 is 57.6 Å². The summed E-state index contributed by atoms with van der Waals surface area (Å²) in [5.41, 5.74) is -5.45. The number of alkyl halides is 17. The van der Waals surface area contributed by atoms with Gasteiger partial charge in [-0.2, -0.15) is 74.3 Å². The Balaban J connectivity index is 2.29. The molecule has 246 valence electrons. The van der Waals surface area contributed by atoms with Crippen LogP contribution < -0.4 is 0 Å². The molecule has 44 heavy (non-hydrogen) atoms. The van der Waals surface area contributed by atoms with E-state index in [9.17, 15) is 74.3 Å². The van der Waals surface area contributed by atoms with Crippen molar-refractivity contribution in [3.8, 4) is 11.1 Å². The van der Waals surface area contributed by atoms with Gasteiger partial charge in [0.1, 0.15) is 0 Å². The van der Waals surface area contributed by atoms with Crippen molar-refractivity contribution in [2.75, 3.05) is 0 Å². The molecule has 22 heteroatoms. The number of hydrogen-bond acceptors (Lipinski definition) is 4. The summed E-state index contributed by atoms with van der Waals surface area (Å²) in [7, 11) is -8.15. The summed E-state index contributed by atoms with van der Waals surface area (Å²) in [5.74, 6) is -37.1. The zero-order chi connectivity index (χ0) is 34.1. The summed E-state index contributed by atoms with van der Waals surface area (Å²) < 4.78 is 256. The molecule has 0 bridgehead atoms. The summed E-state index contributed by atoms with van der Waals surface area (Å²) in [5, 5.41) is -6.12. The molecule has 3 rings (SSSR count). The van der Waals surface area contributed by atoms with E-state index < -0.39 is 80.8 Å². The van der Waals surface area contributed by atoms with E-state index in [1.807, 2.05) is 0 Å². The Hall–Kier alpha value is -3.33. The van der Waals surface area contributed by atoms with Crippen molar-refractivity contribution in [2.45, 2.75) is 53.9 Å². The minimum Gasteiger partial charge on any atom is -0.263 e. The lowest BCUT2D eigenvalue weighted by molar-refractivity contribution is -0.382. The van der Waals surface area contributed by atoms with Crippen LogP contribution in [0.3, 0.4) is 0 Å². The Bertz CT molecular complexity index is 1570. The molecular formula is C22H10F17NO3S. The van der Waals surface area contributed by atoms with Crippen molar-refractivity contribution in [1.82, 2.24) is 0 Å². The maximum Gasteiger partial charge on any atom is 0.460 e. The SMILES string of the molecule is O=S(=O)(ON=C(c1cccc2c1Cc1ccccc1-2)C(F)(F)C(F)(F)C(F)(F)C(F)F)C(F)(F)C(F)(F)C(F)(F)C(F)(F)F. The van der Waals surface area contributed by atoms with Crippen LogP contribution in [0.15, 0.2) is 47.6 Å². The topological polar surface area (TPSA) is 55.7 Å². The van der Waals surface area contributed by atoms with Gasteiger partial charge in [0.15, 0.2) is 5.71 Å². The summed E-state index contributed by atoms with van der Waals surface area (Å²) in [6, 6.07) is 7.16. The number of oxime groups is 1. The molecule has 0 fully saturated rings. The maximum atomic E-state index is 15.1. The third-order valence-corrected chi connectivity index (χ3v) is 7.30. The molecule has 0 saturated heterocycles. The normalized spacial score (nSPS) is 15.8. The van der Waals surface area contributed by atoms with Crippen molar-refractivity contribution < 1.29 is 87.3 Å². The first-order valence-corrected chi connectivity index (χ1v) is 12.4. The van der Waals surface area contributed by atoms with Gasteiger partial charge in [0, 0.05) is 5.56 Å². The van der Waals surface area contributed by atoms with Crippen LogP contribution in [0.5, 0.6) is 0 Å². The number of halogens is 17. The molecule has 0 N–H and O–H groups in total. The van der Waals surface area contributed by atoms with E-state index in [1.54, 1.807) is 5.16 Å². The third kappa shape index (κ3) is 4.91. The molecule has 4 nitrogen and oxygen atoms in total. The van der Waals surface area contributed by atoms with E-state index in [0.29, 0.717) is 6.07 Å². The second-order valence-corrected chi connectivity index (χ2v) is 10.4. The zero-order valence-corrected chi connectivity index (χ0v) is 21.1.